The quantitative estimate of drug-likeness (QED) is 0.809. The van der Waals surface area contributed by atoms with E-state index in [4.69, 9.17) is 10.5 Å². The Morgan fingerprint density at radius 2 is 2.21 bits per heavy atom. The average molecular weight is 288 g/mol. The second kappa shape index (κ2) is 7.50. The maximum Gasteiger partial charge on any atom is 0.237 e. The number of thioether (sulfide) groups is 1. The van der Waals surface area contributed by atoms with Crippen molar-refractivity contribution in [2.75, 3.05) is 18.6 Å². The minimum absolute atomic E-state index is 0.0198. The molecule has 19 heavy (non-hydrogen) atoms. The van der Waals surface area contributed by atoms with Gasteiger partial charge in [0, 0.05) is 12.6 Å². The van der Waals surface area contributed by atoms with E-state index in [2.05, 4.69) is 26.1 Å². The summed E-state index contributed by atoms with van der Waals surface area (Å²) < 4.78 is 5.79. The molecule has 0 aromatic rings. The van der Waals surface area contributed by atoms with E-state index >= 15 is 0 Å². The van der Waals surface area contributed by atoms with Crippen molar-refractivity contribution < 1.29 is 9.53 Å². The van der Waals surface area contributed by atoms with Crippen LogP contribution in [0, 0.1) is 5.41 Å². The zero-order valence-electron chi connectivity index (χ0n) is 12.6. The molecule has 0 bridgehead atoms. The molecule has 1 fully saturated rings. The summed E-state index contributed by atoms with van der Waals surface area (Å²) in [7, 11) is 0. The predicted molar refractivity (Wildman–Crippen MR) is 81.3 cm³/mol. The topological polar surface area (TPSA) is 64.4 Å². The van der Waals surface area contributed by atoms with Gasteiger partial charge < -0.3 is 15.8 Å². The molecule has 0 radical (unpaired) electrons. The van der Waals surface area contributed by atoms with E-state index in [-0.39, 0.29) is 29.5 Å². The second-order valence-electron chi connectivity index (χ2n) is 6.34. The van der Waals surface area contributed by atoms with Gasteiger partial charge in [-0.3, -0.25) is 4.79 Å². The molecular formula is C14H28N2O2S. The smallest absolute Gasteiger partial charge is 0.237 e. The Morgan fingerprint density at radius 3 is 2.79 bits per heavy atom. The van der Waals surface area contributed by atoms with Gasteiger partial charge in [-0.2, -0.15) is 11.8 Å². The van der Waals surface area contributed by atoms with E-state index in [0.29, 0.717) is 6.61 Å². The molecule has 1 rings (SSSR count). The van der Waals surface area contributed by atoms with Gasteiger partial charge in [0.25, 0.3) is 0 Å². The van der Waals surface area contributed by atoms with Crippen LogP contribution < -0.4 is 11.1 Å². The van der Waals surface area contributed by atoms with Crippen LogP contribution in [0.3, 0.4) is 0 Å². The number of nitrogens with one attached hydrogen (secondary N) is 1. The van der Waals surface area contributed by atoms with E-state index in [1.807, 2.05) is 6.26 Å². The van der Waals surface area contributed by atoms with Crippen molar-refractivity contribution >= 4 is 17.7 Å². The molecule has 1 amide bonds. The lowest BCUT2D eigenvalue weighted by atomic mass is 9.83. The SMILES string of the molecule is CSCCC(N)C(=O)NC1CCOC(C(C)(C)C)C1. The van der Waals surface area contributed by atoms with Crippen molar-refractivity contribution in [3.05, 3.63) is 0 Å². The predicted octanol–water partition coefficient (Wildman–Crippen LogP) is 1.78. The first-order chi connectivity index (χ1) is 8.84. The molecule has 3 N–H and O–H groups in total. The fraction of sp³-hybridized carbons (Fsp3) is 0.929. The summed E-state index contributed by atoms with van der Waals surface area (Å²) in [5, 5.41) is 3.08. The van der Waals surface area contributed by atoms with E-state index in [1.165, 1.54) is 0 Å². The fourth-order valence-corrected chi connectivity index (χ4v) is 2.71. The summed E-state index contributed by atoms with van der Waals surface area (Å²) in [4.78, 5) is 12.0. The zero-order valence-corrected chi connectivity index (χ0v) is 13.4. The van der Waals surface area contributed by atoms with Gasteiger partial charge in [-0.25, -0.2) is 0 Å². The summed E-state index contributed by atoms with van der Waals surface area (Å²) >= 11 is 1.72. The number of hydrogen-bond donors (Lipinski definition) is 2. The Hall–Kier alpha value is -0.260. The van der Waals surface area contributed by atoms with Gasteiger partial charge in [0.15, 0.2) is 0 Å². The summed E-state index contributed by atoms with van der Waals surface area (Å²) in [5.41, 5.74) is 6.00. The van der Waals surface area contributed by atoms with E-state index in [0.717, 1.165) is 25.0 Å². The van der Waals surface area contributed by atoms with E-state index in [9.17, 15) is 4.79 Å². The average Bonchev–Trinajstić information content (AvgIpc) is 2.35. The van der Waals surface area contributed by atoms with E-state index in [1.54, 1.807) is 11.8 Å². The highest BCUT2D eigenvalue weighted by Gasteiger charge is 2.32. The van der Waals surface area contributed by atoms with Crippen molar-refractivity contribution in [2.45, 2.75) is 58.2 Å². The van der Waals surface area contributed by atoms with Crippen LogP contribution in [-0.2, 0) is 9.53 Å². The van der Waals surface area contributed by atoms with Gasteiger partial charge in [0.05, 0.1) is 12.1 Å². The Balaban J connectivity index is 2.42. The molecule has 1 saturated heterocycles. The summed E-state index contributed by atoms with van der Waals surface area (Å²) in [6.45, 7) is 7.23. The molecule has 0 saturated carbocycles. The normalized spacial score (nSPS) is 25.9. The molecule has 3 atom stereocenters. The molecule has 1 aliphatic rings. The summed E-state index contributed by atoms with van der Waals surface area (Å²) in [6.07, 6.45) is 4.72. The van der Waals surface area contributed by atoms with Crippen molar-refractivity contribution in [1.29, 1.82) is 0 Å². The first-order valence-corrected chi connectivity index (χ1v) is 8.40. The zero-order chi connectivity index (χ0) is 14.5. The number of rotatable bonds is 5. The lowest BCUT2D eigenvalue weighted by molar-refractivity contribution is -0.125. The highest BCUT2D eigenvalue weighted by atomic mass is 32.2. The van der Waals surface area contributed by atoms with Crippen molar-refractivity contribution in [1.82, 2.24) is 5.32 Å². The van der Waals surface area contributed by atoms with Crippen LogP contribution in [-0.4, -0.2) is 42.7 Å². The van der Waals surface area contributed by atoms with Crippen LogP contribution in [0.15, 0.2) is 0 Å². The largest absolute Gasteiger partial charge is 0.378 e. The summed E-state index contributed by atoms with van der Waals surface area (Å²) in [5.74, 6) is 0.904. The maximum atomic E-state index is 12.0. The number of carbonyl (C=O) groups is 1. The first-order valence-electron chi connectivity index (χ1n) is 7.01. The molecule has 1 heterocycles. The van der Waals surface area contributed by atoms with Crippen molar-refractivity contribution in [3.63, 3.8) is 0 Å². The number of nitrogens with two attached hydrogens (primary N) is 1. The standard InChI is InChI=1S/C14H28N2O2S/c1-14(2,3)12-9-10(5-7-18-12)16-13(17)11(15)6-8-19-4/h10-12H,5-9,15H2,1-4H3,(H,16,17). The van der Waals surface area contributed by atoms with Crippen LogP contribution in [0.4, 0.5) is 0 Å². The van der Waals surface area contributed by atoms with Crippen LogP contribution in [0.5, 0.6) is 0 Å². The highest BCUT2D eigenvalue weighted by molar-refractivity contribution is 7.98. The Bertz CT molecular complexity index is 292. The molecule has 0 spiro atoms. The molecule has 4 nitrogen and oxygen atoms in total. The third-order valence-electron chi connectivity index (χ3n) is 3.57. The molecule has 0 aliphatic carbocycles. The third kappa shape index (κ3) is 5.71. The van der Waals surface area contributed by atoms with Gasteiger partial charge >= 0.3 is 0 Å². The fourth-order valence-electron chi connectivity index (χ4n) is 2.22. The molecular weight excluding hydrogens is 260 g/mol. The van der Waals surface area contributed by atoms with Crippen molar-refractivity contribution in [2.24, 2.45) is 11.1 Å². The van der Waals surface area contributed by atoms with Crippen LogP contribution >= 0.6 is 11.8 Å². The Kier molecular flexibility index (Phi) is 6.63. The second-order valence-corrected chi connectivity index (χ2v) is 7.33. The maximum absolute atomic E-state index is 12.0. The minimum atomic E-state index is -0.386. The van der Waals surface area contributed by atoms with Crippen LogP contribution in [0.1, 0.15) is 40.0 Å². The van der Waals surface area contributed by atoms with Crippen molar-refractivity contribution in [3.8, 4) is 0 Å². The Morgan fingerprint density at radius 1 is 1.53 bits per heavy atom. The van der Waals surface area contributed by atoms with Gasteiger partial charge in [-0.05, 0) is 36.7 Å². The summed E-state index contributed by atoms with van der Waals surface area (Å²) in [6, 6.07) is -0.186. The number of carbonyl (C=O) groups excluding carboxylic acids is 1. The molecule has 3 unspecified atom stereocenters. The molecule has 112 valence electrons. The van der Waals surface area contributed by atoms with Crippen LogP contribution in [0.25, 0.3) is 0 Å². The van der Waals surface area contributed by atoms with E-state index < -0.39 is 0 Å². The Labute approximate surface area is 121 Å². The number of hydrogen-bond acceptors (Lipinski definition) is 4. The molecule has 1 aliphatic heterocycles. The number of amides is 1. The lowest BCUT2D eigenvalue weighted by Gasteiger charge is -2.38. The minimum Gasteiger partial charge on any atom is -0.378 e. The molecule has 0 aromatic carbocycles. The molecule has 5 heteroatoms. The number of ether oxygens (including phenoxy) is 1. The first kappa shape index (κ1) is 16.8. The van der Waals surface area contributed by atoms with Gasteiger partial charge in [0.2, 0.25) is 5.91 Å². The van der Waals surface area contributed by atoms with Gasteiger partial charge in [0.1, 0.15) is 0 Å². The monoisotopic (exact) mass is 288 g/mol. The van der Waals surface area contributed by atoms with Gasteiger partial charge in [-0.1, -0.05) is 20.8 Å². The lowest BCUT2D eigenvalue weighted by Crippen LogP contribution is -2.50. The molecule has 0 aromatic heterocycles. The van der Waals surface area contributed by atoms with Crippen LogP contribution in [0.2, 0.25) is 0 Å². The highest BCUT2D eigenvalue weighted by Crippen LogP contribution is 2.29. The third-order valence-corrected chi connectivity index (χ3v) is 4.21. The van der Waals surface area contributed by atoms with Gasteiger partial charge in [-0.15, -0.1) is 0 Å².